The molecule has 2 heterocycles. The van der Waals surface area contributed by atoms with Crippen molar-refractivity contribution < 1.29 is 18.5 Å². The van der Waals surface area contributed by atoms with E-state index < -0.39 is 10.8 Å². The third-order valence-corrected chi connectivity index (χ3v) is 6.30. The Balaban J connectivity index is 1.43. The van der Waals surface area contributed by atoms with Gasteiger partial charge in [0.25, 0.3) is 0 Å². The standard InChI is InChI=1S/C22H24N2O4S/c1-23-10-12-24(13-11-23)22(25)16-29(26)15-17-6-2-3-7-18(17)21-14-27-19-8-4-5-9-20(19)28-21/h2-9,14H,10-13,15-16H2,1H3. The van der Waals surface area contributed by atoms with E-state index in [1.165, 1.54) is 0 Å². The zero-order valence-electron chi connectivity index (χ0n) is 16.4. The third-order valence-electron chi connectivity index (χ3n) is 5.10. The highest BCUT2D eigenvalue weighted by Gasteiger charge is 2.22. The molecule has 2 aromatic carbocycles. The van der Waals surface area contributed by atoms with Gasteiger partial charge in [0, 0.05) is 48.3 Å². The molecule has 1 amide bonds. The number of hydrogen-bond donors (Lipinski definition) is 0. The molecule has 0 aromatic heterocycles. The molecular weight excluding hydrogens is 388 g/mol. The Morgan fingerprint density at radius 2 is 1.69 bits per heavy atom. The topological polar surface area (TPSA) is 59.1 Å². The second kappa shape index (κ2) is 8.80. The van der Waals surface area contributed by atoms with Crippen LogP contribution in [-0.2, 0) is 21.3 Å². The van der Waals surface area contributed by atoms with E-state index in [9.17, 15) is 9.00 Å². The Kier molecular flexibility index (Phi) is 5.97. The molecule has 2 aliphatic heterocycles. The highest BCUT2D eigenvalue weighted by Crippen LogP contribution is 2.35. The lowest BCUT2D eigenvalue weighted by atomic mass is 10.1. The van der Waals surface area contributed by atoms with Crippen LogP contribution in [0, 0.1) is 0 Å². The molecule has 29 heavy (non-hydrogen) atoms. The van der Waals surface area contributed by atoms with Crippen molar-refractivity contribution in [1.82, 2.24) is 9.80 Å². The van der Waals surface area contributed by atoms with E-state index in [4.69, 9.17) is 9.47 Å². The number of fused-ring (bicyclic) bond motifs is 1. The van der Waals surface area contributed by atoms with Crippen molar-refractivity contribution in [3.05, 3.63) is 65.9 Å². The summed E-state index contributed by atoms with van der Waals surface area (Å²) in [5, 5.41) is 0. The van der Waals surface area contributed by atoms with Gasteiger partial charge in [0.15, 0.2) is 17.3 Å². The van der Waals surface area contributed by atoms with E-state index in [0.29, 0.717) is 30.3 Å². The summed E-state index contributed by atoms with van der Waals surface area (Å²) >= 11 is 0. The summed E-state index contributed by atoms with van der Waals surface area (Å²) in [6.07, 6.45) is 1.57. The lowest BCUT2D eigenvalue weighted by Gasteiger charge is -2.32. The summed E-state index contributed by atoms with van der Waals surface area (Å²) in [6, 6.07) is 15.1. The minimum atomic E-state index is -1.30. The number of nitrogens with zero attached hydrogens (tertiary/aromatic N) is 2. The number of para-hydroxylation sites is 2. The summed E-state index contributed by atoms with van der Waals surface area (Å²) in [7, 11) is 0.743. The molecule has 1 unspecified atom stereocenters. The first-order chi connectivity index (χ1) is 14.1. The minimum Gasteiger partial charge on any atom is -0.457 e. The molecule has 0 spiro atoms. The summed E-state index contributed by atoms with van der Waals surface area (Å²) < 4.78 is 24.4. The smallest absolute Gasteiger partial charge is 0.235 e. The molecule has 1 fully saturated rings. The van der Waals surface area contributed by atoms with Crippen LogP contribution in [0.25, 0.3) is 5.76 Å². The molecule has 0 saturated carbocycles. The first kappa shape index (κ1) is 19.7. The van der Waals surface area contributed by atoms with Gasteiger partial charge in [-0.3, -0.25) is 9.00 Å². The van der Waals surface area contributed by atoms with Crippen molar-refractivity contribution in [3.8, 4) is 11.5 Å². The van der Waals surface area contributed by atoms with Gasteiger partial charge in [0.1, 0.15) is 12.0 Å². The van der Waals surface area contributed by atoms with Crippen LogP contribution >= 0.6 is 0 Å². The number of carbonyl (C=O) groups is 1. The van der Waals surface area contributed by atoms with Crippen molar-refractivity contribution in [2.75, 3.05) is 39.0 Å². The van der Waals surface area contributed by atoms with Crippen LogP contribution in [0.1, 0.15) is 11.1 Å². The maximum atomic E-state index is 12.7. The van der Waals surface area contributed by atoms with Crippen LogP contribution in [0.5, 0.6) is 11.5 Å². The van der Waals surface area contributed by atoms with Crippen LogP contribution < -0.4 is 9.47 Å². The number of carbonyl (C=O) groups excluding carboxylic acids is 1. The highest BCUT2D eigenvalue weighted by molar-refractivity contribution is 7.84. The molecule has 0 bridgehead atoms. The molecule has 0 aliphatic carbocycles. The lowest BCUT2D eigenvalue weighted by Crippen LogP contribution is -2.48. The van der Waals surface area contributed by atoms with Gasteiger partial charge in [0.2, 0.25) is 5.91 Å². The lowest BCUT2D eigenvalue weighted by molar-refractivity contribution is -0.129. The Morgan fingerprint density at radius 3 is 2.48 bits per heavy atom. The van der Waals surface area contributed by atoms with Crippen LogP contribution in [0.3, 0.4) is 0 Å². The molecule has 2 aliphatic rings. The number of benzene rings is 2. The average molecular weight is 413 g/mol. The number of ether oxygens (including phenoxy) is 2. The van der Waals surface area contributed by atoms with E-state index >= 15 is 0 Å². The van der Waals surface area contributed by atoms with Gasteiger partial charge in [-0.15, -0.1) is 0 Å². The summed E-state index contributed by atoms with van der Waals surface area (Å²) in [5.41, 5.74) is 1.69. The monoisotopic (exact) mass is 412 g/mol. The van der Waals surface area contributed by atoms with Gasteiger partial charge in [-0.2, -0.15) is 0 Å². The fraction of sp³-hybridized carbons (Fsp3) is 0.318. The SMILES string of the molecule is CN1CCN(C(=O)CS(=O)Cc2ccccc2C2=COc3ccccc3O2)CC1. The first-order valence-electron chi connectivity index (χ1n) is 9.63. The van der Waals surface area contributed by atoms with Gasteiger partial charge < -0.3 is 19.3 Å². The third kappa shape index (κ3) is 4.68. The second-order valence-corrected chi connectivity index (χ2v) is 8.68. The van der Waals surface area contributed by atoms with Crippen LogP contribution in [0.4, 0.5) is 0 Å². The maximum Gasteiger partial charge on any atom is 0.235 e. The fourth-order valence-corrected chi connectivity index (χ4v) is 4.56. The van der Waals surface area contributed by atoms with Crippen molar-refractivity contribution in [3.63, 3.8) is 0 Å². The van der Waals surface area contributed by atoms with E-state index in [1.807, 2.05) is 55.6 Å². The maximum absolute atomic E-state index is 12.7. The Hall–Kier alpha value is -2.64. The van der Waals surface area contributed by atoms with Crippen molar-refractivity contribution in [2.45, 2.75) is 5.75 Å². The zero-order chi connectivity index (χ0) is 20.2. The van der Waals surface area contributed by atoms with E-state index in [1.54, 1.807) is 11.2 Å². The molecule has 1 saturated heterocycles. The fourth-order valence-electron chi connectivity index (χ4n) is 3.41. The number of piperazine rings is 1. The molecule has 1 atom stereocenters. The normalized spacial score (nSPS) is 17.6. The average Bonchev–Trinajstić information content (AvgIpc) is 2.74. The van der Waals surface area contributed by atoms with Crippen molar-refractivity contribution in [2.24, 2.45) is 0 Å². The molecule has 2 aromatic rings. The Morgan fingerprint density at radius 1 is 1.00 bits per heavy atom. The summed E-state index contributed by atoms with van der Waals surface area (Å²) in [6.45, 7) is 3.10. The Labute approximate surface area is 173 Å². The van der Waals surface area contributed by atoms with E-state index in [2.05, 4.69) is 4.90 Å². The van der Waals surface area contributed by atoms with Gasteiger partial charge in [-0.25, -0.2) is 0 Å². The quantitative estimate of drug-likeness (QED) is 0.755. The zero-order valence-corrected chi connectivity index (χ0v) is 17.2. The molecular formula is C22H24N2O4S. The molecule has 7 heteroatoms. The second-order valence-electron chi connectivity index (χ2n) is 7.22. The van der Waals surface area contributed by atoms with Gasteiger partial charge in [-0.05, 0) is 24.7 Å². The molecule has 152 valence electrons. The van der Waals surface area contributed by atoms with Crippen LogP contribution in [-0.4, -0.2) is 58.9 Å². The summed E-state index contributed by atoms with van der Waals surface area (Å²) in [4.78, 5) is 16.5. The van der Waals surface area contributed by atoms with Gasteiger partial charge in [-0.1, -0.05) is 36.4 Å². The predicted octanol–water partition coefficient (Wildman–Crippen LogP) is 2.48. The molecule has 4 rings (SSSR count). The van der Waals surface area contributed by atoms with E-state index in [-0.39, 0.29) is 17.4 Å². The minimum absolute atomic E-state index is 0.0390. The molecule has 0 N–H and O–H groups in total. The van der Waals surface area contributed by atoms with Crippen LogP contribution in [0.15, 0.2) is 54.8 Å². The summed E-state index contributed by atoms with van der Waals surface area (Å²) in [5.74, 6) is 2.16. The largest absolute Gasteiger partial charge is 0.457 e. The molecule has 0 radical (unpaired) electrons. The number of amides is 1. The van der Waals surface area contributed by atoms with Crippen LogP contribution in [0.2, 0.25) is 0 Å². The Bertz CT molecular complexity index is 951. The van der Waals surface area contributed by atoms with E-state index in [0.717, 1.165) is 24.2 Å². The number of hydrogen-bond acceptors (Lipinski definition) is 5. The number of likely N-dealkylation sites (N-methyl/N-ethyl adjacent to an activating group) is 1. The highest BCUT2D eigenvalue weighted by atomic mass is 32.2. The van der Waals surface area contributed by atoms with Gasteiger partial charge >= 0.3 is 0 Å². The van der Waals surface area contributed by atoms with Gasteiger partial charge in [0.05, 0.1) is 0 Å². The number of rotatable bonds is 5. The first-order valence-corrected chi connectivity index (χ1v) is 11.1. The molecule has 6 nitrogen and oxygen atoms in total. The van der Waals surface area contributed by atoms with Crippen molar-refractivity contribution in [1.29, 1.82) is 0 Å². The predicted molar refractivity (Wildman–Crippen MR) is 113 cm³/mol. The van der Waals surface area contributed by atoms with Crippen molar-refractivity contribution >= 4 is 22.5 Å².